The molecule has 0 unspecified atom stereocenters. The molecular weight excluding hydrogens is 166 g/mol. The van der Waals surface area contributed by atoms with Gasteiger partial charge in [0.25, 0.3) is 0 Å². The molecule has 13 heavy (non-hydrogen) atoms. The van der Waals surface area contributed by atoms with Crippen molar-refractivity contribution >= 4 is 5.97 Å². The molecule has 0 heterocycles. The maximum Gasteiger partial charge on any atom is 0.333 e. The highest BCUT2D eigenvalue weighted by atomic mass is 16.5. The second-order valence-corrected chi connectivity index (χ2v) is 2.52. The van der Waals surface area contributed by atoms with Gasteiger partial charge in [-0.25, -0.2) is 4.79 Å². The van der Waals surface area contributed by atoms with Crippen LogP contribution in [0.5, 0.6) is 0 Å². The zero-order valence-corrected chi connectivity index (χ0v) is 7.95. The van der Waals surface area contributed by atoms with Crippen molar-refractivity contribution in [2.45, 2.75) is 6.92 Å². The molecular formula is C10H15NO2. The van der Waals surface area contributed by atoms with E-state index in [1.54, 1.807) is 24.2 Å². The van der Waals surface area contributed by atoms with E-state index in [-0.39, 0.29) is 5.97 Å². The minimum absolute atomic E-state index is 0.309. The summed E-state index contributed by atoms with van der Waals surface area (Å²) in [5, 5.41) is 0. The first-order valence-electron chi connectivity index (χ1n) is 3.95. The summed E-state index contributed by atoms with van der Waals surface area (Å²) in [6, 6.07) is 0. The first-order chi connectivity index (χ1) is 6.11. The fourth-order valence-electron chi connectivity index (χ4n) is 0.624. The molecule has 0 aliphatic carbocycles. The lowest BCUT2D eigenvalue weighted by atomic mass is 10.4. The smallest absolute Gasteiger partial charge is 0.333 e. The van der Waals surface area contributed by atoms with Crippen LogP contribution in [0.2, 0.25) is 0 Å². The lowest BCUT2D eigenvalue weighted by Crippen LogP contribution is -2.18. The molecule has 0 saturated heterocycles. The van der Waals surface area contributed by atoms with Crippen molar-refractivity contribution in [3.8, 4) is 0 Å². The van der Waals surface area contributed by atoms with Gasteiger partial charge < -0.3 is 9.64 Å². The third-order valence-corrected chi connectivity index (χ3v) is 1.40. The second kappa shape index (κ2) is 6.06. The van der Waals surface area contributed by atoms with Gasteiger partial charge in [0.15, 0.2) is 0 Å². The maximum absolute atomic E-state index is 10.9. The van der Waals surface area contributed by atoms with Crippen molar-refractivity contribution in [3.05, 3.63) is 37.7 Å². The van der Waals surface area contributed by atoms with E-state index in [9.17, 15) is 4.79 Å². The van der Waals surface area contributed by atoms with Gasteiger partial charge >= 0.3 is 5.97 Å². The molecule has 3 heteroatoms. The number of hydrogen-bond donors (Lipinski definition) is 0. The highest BCUT2D eigenvalue weighted by Crippen LogP contribution is 1.93. The Hall–Kier alpha value is -1.51. The average Bonchev–Trinajstić information content (AvgIpc) is 2.12. The average molecular weight is 181 g/mol. The lowest BCUT2D eigenvalue weighted by Gasteiger charge is -2.13. The van der Waals surface area contributed by atoms with Gasteiger partial charge in [0.1, 0.15) is 6.61 Å². The molecule has 0 bridgehead atoms. The SMILES string of the molecule is C=CN(C=C)CCOC(=O)C(=C)C. The molecule has 0 radical (unpaired) electrons. The van der Waals surface area contributed by atoms with Gasteiger partial charge in [-0.1, -0.05) is 19.7 Å². The molecule has 0 aromatic carbocycles. The Balaban J connectivity index is 3.66. The van der Waals surface area contributed by atoms with Crippen LogP contribution in [0, 0.1) is 0 Å². The van der Waals surface area contributed by atoms with Crippen molar-refractivity contribution < 1.29 is 9.53 Å². The van der Waals surface area contributed by atoms with E-state index in [0.29, 0.717) is 18.7 Å². The predicted octanol–water partition coefficient (Wildman–Crippen LogP) is 1.69. The summed E-state index contributed by atoms with van der Waals surface area (Å²) in [5.41, 5.74) is 0.406. The number of hydrogen-bond acceptors (Lipinski definition) is 3. The molecule has 0 aliphatic rings. The summed E-state index contributed by atoms with van der Waals surface area (Å²) >= 11 is 0. The number of esters is 1. The van der Waals surface area contributed by atoms with E-state index in [1.807, 2.05) is 0 Å². The van der Waals surface area contributed by atoms with E-state index in [4.69, 9.17) is 4.74 Å². The summed E-state index contributed by atoms with van der Waals surface area (Å²) in [6.45, 7) is 13.1. The lowest BCUT2D eigenvalue weighted by molar-refractivity contribution is -0.139. The first kappa shape index (κ1) is 11.5. The number of carbonyl (C=O) groups excluding carboxylic acids is 1. The normalized spacial score (nSPS) is 8.69. The summed E-state index contributed by atoms with van der Waals surface area (Å²) in [4.78, 5) is 12.6. The van der Waals surface area contributed by atoms with Crippen molar-refractivity contribution in [1.29, 1.82) is 0 Å². The minimum atomic E-state index is -0.368. The Morgan fingerprint density at radius 3 is 2.38 bits per heavy atom. The zero-order chi connectivity index (χ0) is 10.3. The van der Waals surface area contributed by atoms with Gasteiger partial charge in [0, 0.05) is 5.57 Å². The van der Waals surface area contributed by atoms with Gasteiger partial charge in [-0.05, 0) is 19.3 Å². The molecule has 0 rings (SSSR count). The van der Waals surface area contributed by atoms with Crippen LogP contribution in [0.1, 0.15) is 6.92 Å². The van der Waals surface area contributed by atoms with Gasteiger partial charge in [-0.3, -0.25) is 0 Å². The van der Waals surface area contributed by atoms with Crippen LogP contribution in [0.25, 0.3) is 0 Å². The van der Waals surface area contributed by atoms with Gasteiger partial charge in [0.05, 0.1) is 6.54 Å². The third-order valence-electron chi connectivity index (χ3n) is 1.40. The molecule has 72 valence electrons. The number of rotatable bonds is 6. The Bertz CT molecular complexity index is 213. The van der Waals surface area contributed by atoms with Crippen LogP contribution in [-0.4, -0.2) is 24.0 Å². The maximum atomic E-state index is 10.9. The van der Waals surface area contributed by atoms with Crippen LogP contribution >= 0.6 is 0 Å². The van der Waals surface area contributed by atoms with E-state index < -0.39 is 0 Å². The Labute approximate surface area is 79.0 Å². The van der Waals surface area contributed by atoms with Gasteiger partial charge in [-0.2, -0.15) is 0 Å². The summed E-state index contributed by atoms with van der Waals surface area (Å²) in [6.07, 6.45) is 3.23. The monoisotopic (exact) mass is 181 g/mol. The van der Waals surface area contributed by atoms with Crippen LogP contribution in [0.3, 0.4) is 0 Å². The van der Waals surface area contributed by atoms with Gasteiger partial charge in [0.2, 0.25) is 0 Å². The van der Waals surface area contributed by atoms with Crippen LogP contribution in [0.4, 0.5) is 0 Å². The summed E-state index contributed by atoms with van der Waals surface area (Å²) in [5.74, 6) is -0.368. The molecule has 0 aliphatic heterocycles. The first-order valence-corrected chi connectivity index (χ1v) is 3.95. The number of nitrogens with zero attached hydrogens (tertiary/aromatic N) is 1. The molecule has 0 amide bonds. The molecule has 0 spiro atoms. The van der Waals surface area contributed by atoms with E-state index in [1.165, 1.54) is 0 Å². The fourth-order valence-corrected chi connectivity index (χ4v) is 0.624. The highest BCUT2D eigenvalue weighted by molar-refractivity contribution is 5.86. The van der Waals surface area contributed by atoms with Crippen molar-refractivity contribution in [2.24, 2.45) is 0 Å². The van der Waals surface area contributed by atoms with E-state index in [0.717, 1.165) is 0 Å². The zero-order valence-electron chi connectivity index (χ0n) is 7.95. The molecule has 3 nitrogen and oxygen atoms in total. The molecule has 0 atom stereocenters. The molecule has 0 aromatic heterocycles. The Kier molecular flexibility index (Phi) is 5.35. The van der Waals surface area contributed by atoms with Crippen LogP contribution in [0.15, 0.2) is 37.7 Å². The predicted molar refractivity (Wildman–Crippen MR) is 52.9 cm³/mol. The molecule has 0 fully saturated rings. The summed E-state index contributed by atoms with van der Waals surface area (Å²) in [7, 11) is 0. The van der Waals surface area contributed by atoms with Crippen molar-refractivity contribution in [3.63, 3.8) is 0 Å². The largest absolute Gasteiger partial charge is 0.460 e. The number of carbonyl (C=O) groups is 1. The molecule has 0 N–H and O–H groups in total. The Morgan fingerprint density at radius 1 is 1.46 bits per heavy atom. The second-order valence-electron chi connectivity index (χ2n) is 2.52. The van der Waals surface area contributed by atoms with Crippen molar-refractivity contribution in [1.82, 2.24) is 4.90 Å². The fraction of sp³-hybridized carbons (Fsp3) is 0.300. The molecule has 0 aromatic rings. The van der Waals surface area contributed by atoms with Gasteiger partial charge in [-0.15, -0.1) is 0 Å². The number of ether oxygens (including phenoxy) is 1. The van der Waals surface area contributed by atoms with E-state index >= 15 is 0 Å². The minimum Gasteiger partial charge on any atom is -0.460 e. The highest BCUT2D eigenvalue weighted by Gasteiger charge is 2.02. The summed E-state index contributed by atoms with van der Waals surface area (Å²) < 4.78 is 4.86. The molecule has 0 saturated carbocycles. The van der Waals surface area contributed by atoms with Crippen LogP contribution < -0.4 is 0 Å². The van der Waals surface area contributed by atoms with Crippen molar-refractivity contribution in [2.75, 3.05) is 13.2 Å². The standard InChI is InChI=1S/C10H15NO2/c1-5-11(6-2)7-8-13-10(12)9(3)4/h5-6H,1-3,7-8H2,4H3. The Morgan fingerprint density at radius 2 is 2.00 bits per heavy atom. The van der Waals surface area contributed by atoms with Crippen LogP contribution in [-0.2, 0) is 9.53 Å². The third kappa shape index (κ3) is 4.85. The topological polar surface area (TPSA) is 29.5 Å². The quantitative estimate of drug-likeness (QED) is 0.461. The van der Waals surface area contributed by atoms with E-state index in [2.05, 4.69) is 19.7 Å².